The number of benzene rings is 2. The highest BCUT2D eigenvalue weighted by Crippen LogP contribution is 2.42. The molecule has 1 saturated heterocycles. The molecule has 0 saturated carbocycles. The molecule has 37 heavy (non-hydrogen) atoms. The molecule has 0 bridgehead atoms. The third-order valence-corrected chi connectivity index (χ3v) is 8.08. The second kappa shape index (κ2) is 10.0. The molecule has 1 amide bonds. The van der Waals surface area contributed by atoms with Crippen molar-refractivity contribution in [2.75, 3.05) is 18.8 Å². The first kappa shape index (κ1) is 25.6. The molecule has 194 valence electrons. The van der Waals surface area contributed by atoms with E-state index < -0.39 is 11.9 Å². The first-order valence-electron chi connectivity index (χ1n) is 12.3. The molecule has 3 heterocycles. The fourth-order valence-corrected chi connectivity index (χ4v) is 5.81. The average Bonchev–Trinajstić information content (AvgIpc) is 2.87. The van der Waals surface area contributed by atoms with Crippen molar-refractivity contribution >= 4 is 34.9 Å². The lowest BCUT2D eigenvalue weighted by atomic mass is 9.82. The summed E-state index contributed by atoms with van der Waals surface area (Å²) in [4.78, 5) is 17.9. The second-order valence-corrected chi connectivity index (χ2v) is 10.5. The maximum Gasteiger partial charge on any atom is 0.219 e. The van der Waals surface area contributed by atoms with Gasteiger partial charge in [0.25, 0.3) is 0 Å². The number of ether oxygens (including phenoxy) is 2. The van der Waals surface area contributed by atoms with Gasteiger partial charge in [0, 0.05) is 55.2 Å². The number of nitrogens with zero attached hydrogens (tertiary/aromatic N) is 2. The number of aryl methyl sites for hydroxylation is 1. The monoisotopic (exact) mass is 543 g/mol. The maximum absolute atomic E-state index is 14.0. The molecule has 1 spiro atoms. The van der Waals surface area contributed by atoms with Crippen molar-refractivity contribution in [3.05, 3.63) is 69.6 Å². The van der Waals surface area contributed by atoms with Crippen molar-refractivity contribution in [1.29, 1.82) is 0 Å². The quantitative estimate of drug-likeness (QED) is 0.374. The Morgan fingerprint density at radius 2 is 1.92 bits per heavy atom. The molecule has 1 fully saturated rings. The number of nitrogens with two attached hydrogens (primary N) is 1. The highest BCUT2D eigenvalue weighted by Gasteiger charge is 2.40. The van der Waals surface area contributed by atoms with E-state index in [0.717, 1.165) is 48.1 Å². The van der Waals surface area contributed by atoms with Crippen molar-refractivity contribution in [3.8, 4) is 22.6 Å². The van der Waals surface area contributed by atoms with Crippen LogP contribution in [-0.2, 0) is 11.2 Å². The topological polar surface area (TPSA) is 77.7 Å². The number of halogens is 3. The molecule has 1 aromatic heterocycles. The van der Waals surface area contributed by atoms with E-state index in [1.807, 2.05) is 17.0 Å². The second-order valence-electron chi connectivity index (χ2n) is 9.74. The Balaban J connectivity index is 1.39. The Kier molecular flexibility index (Phi) is 6.94. The summed E-state index contributed by atoms with van der Waals surface area (Å²) < 4.78 is 26.7. The fourth-order valence-electron chi connectivity index (χ4n) is 5.14. The van der Waals surface area contributed by atoms with Crippen LogP contribution in [0, 0.1) is 5.82 Å². The number of nitrogen functional groups attached to an aromatic ring is 1. The smallest absolute Gasteiger partial charge is 0.219 e. The third-order valence-electron chi connectivity index (χ3n) is 7.37. The number of anilines is 1. The first-order chi connectivity index (χ1) is 17.7. The van der Waals surface area contributed by atoms with Crippen LogP contribution in [-0.4, -0.2) is 34.5 Å². The highest BCUT2D eigenvalue weighted by atomic mass is 35.5. The average molecular weight is 544 g/mol. The Morgan fingerprint density at radius 3 is 2.65 bits per heavy atom. The molecule has 5 rings (SSSR count). The molecule has 2 N–H and O–H groups in total. The molecule has 6 nitrogen and oxygen atoms in total. The van der Waals surface area contributed by atoms with Gasteiger partial charge in [0.15, 0.2) is 11.6 Å². The molecular weight excluding hydrogens is 516 g/mol. The van der Waals surface area contributed by atoms with Crippen LogP contribution >= 0.6 is 23.2 Å². The van der Waals surface area contributed by atoms with Gasteiger partial charge in [0.1, 0.15) is 23.3 Å². The van der Waals surface area contributed by atoms with Crippen molar-refractivity contribution in [2.45, 2.75) is 51.2 Å². The van der Waals surface area contributed by atoms with Crippen LogP contribution in [0.5, 0.6) is 11.5 Å². The number of rotatable bonds is 4. The Hall–Kier alpha value is -3.03. The number of carbonyl (C=O) groups is 1. The number of hydrogen-bond acceptors (Lipinski definition) is 5. The summed E-state index contributed by atoms with van der Waals surface area (Å²) in [6.07, 6.45) is 4.52. The normalized spacial score (nSPS) is 17.2. The summed E-state index contributed by atoms with van der Waals surface area (Å²) >= 11 is 12.4. The number of piperidine rings is 1. The SMILES string of the molecule is CC(=O)N1CCC2(CCc3ccc(-c4cnc(N)c(O[C@H](C)c5c(Cl)ccc(F)c5Cl)c4)cc3O2)CC1. The van der Waals surface area contributed by atoms with Gasteiger partial charge < -0.3 is 20.1 Å². The van der Waals surface area contributed by atoms with Crippen LogP contribution < -0.4 is 15.2 Å². The summed E-state index contributed by atoms with van der Waals surface area (Å²) in [5.74, 6) is 0.928. The molecule has 1 atom stereocenters. The van der Waals surface area contributed by atoms with E-state index in [9.17, 15) is 9.18 Å². The van der Waals surface area contributed by atoms with E-state index in [2.05, 4.69) is 11.1 Å². The molecule has 2 aliphatic heterocycles. The van der Waals surface area contributed by atoms with Crippen LogP contribution in [0.4, 0.5) is 10.2 Å². The van der Waals surface area contributed by atoms with Crippen molar-refractivity contribution in [3.63, 3.8) is 0 Å². The molecule has 0 unspecified atom stereocenters. The van der Waals surface area contributed by atoms with E-state index in [4.69, 9.17) is 38.4 Å². The predicted octanol–water partition coefficient (Wildman–Crippen LogP) is 6.62. The van der Waals surface area contributed by atoms with Gasteiger partial charge in [-0.05, 0) is 55.2 Å². The molecule has 3 aromatic rings. The number of amides is 1. The third kappa shape index (κ3) is 5.07. The van der Waals surface area contributed by atoms with Gasteiger partial charge in [-0.1, -0.05) is 35.3 Å². The van der Waals surface area contributed by atoms with E-state index in [-0.39, 0.29) is 22.3 Å². The van der Waals surface area contributed by atoms with Crippen LogP contribution in [0.25, 0.3) is 11.1 Å². The summed E-state index contributed by atoms with van der Waals surface area (Å²) in [7, 11) is 0. The standard InChI is InChI=1S/C28H28Cl2FN3O3/c1-16(25-21(29)5-6-22(31)26(25)30)36-24-14-20(15-33-27(24)32)19-4-3-18-7-8-28(37-23(18)13-19)9-11-34(12-10-28)17(2)35/h3-6,13-16H,7-12H2,1-2H3,(H2,32,33)/t16-/m1/s1. The molecular formula is C28H28Cl2FN3O3. The first-order valence-corrected chi connectivity index (χ1v) is 13.0. The lowest BCUT2D eigenvalue weighted by molar-refractivity contribution is -0.132. The van der Waals surface area contributed by atoms with Gasteiger partial charge in [-0.15, -0.1) is 0 Å². The summed E-state index contributed by atoms with van der Waals surface area (Å²) in [5.41, 5.74) is 9.07. The van der Waals surface area contributed by atoms with Gasteiger partial charge in [-0.3, -0.25) is 4.79 Å². The number of carbonyl (C=O) groups excluding carboxylic acids is 1. The minimum Gasteiger partial charge on any atom is -0.487 e. The van der Waals surface area contributed by atoms with Crippen LogP contribution in [0.2, 0.25) is 10.0 Å². The van der Waals surface area contributed by atoms with Crippen molar-refractivity contribution in [2.24, 2.45) is 0 Å². The minimum atomic E-state index is -0.664. The van der Waals surface area contributed by atoms with Crippen molar-refractivity contribution in [1.82, 2.24) is 9.88 Å². The predicted molar refractivity (Wildman–Crippen MR) is 143 cm³/mol. The van der Waals surface area contributed by atoms with Crippen molar-refractivity contribution < 1.29 is 18.7 Å². The van der Waals surface area contributed by atoms with Gasteiger partial charge >= 0.3 is 0 Å². The van der Waals surface area contributed by atoms with E-state index in [1.165, 1.54) is 12.1 Å². The number of aromatic nitrogens is 1. The Bertz CT molecular complexity index is 1360. The van der Waals surface area contributed by atoms with E-state index >= 15 is 0 Å². The van der Waals surface area contributed by atoms with E-state index in [0.29, 0.717) is 29.4 Å². The summed E-state index contributed by atoms with van der Waals surface area (Å²) in [5, 5.41) is 0.217. The zero-order valence-electron chi connectivity index (χ0n) is 20.7. The van der Waals surface area contributed by atoms with Crippen LogP contribution in [0.1, 0.15) is 50.3 Å². The minimum absolute atomic E-state index is 0.0856. The van der Waals surface area contributed by atoms with E-state index in [1.54, 1.807) is 26.1 Å². The highest BCUT2D eigenvalue weighted by molar-refractivity contribution is 6.36. The van der Waals surface area contributed by atoms with Crippen LogP contribution in [0.3, 0.4) is 0 Å². The fraction of sp³-hybridized carbons (Fsp3) is 0.357. The number of fused-ring (bicyclic) bond motifs is 1. The van der Waals surface area contributed by atoms with Crippen LogP contribution in [0.15, 0.2) is 42.6 Å². The van der Waals surface area contributed by atoms with Gasteiger partial charge in [-0.25, -0.2) is 9.37 Å². The van der Waals surface area contributed by atoms with Gasteiger partial charge in [0.05, 0.1) is 5.02 Å². The Morgan fingerprint density at radius 1 is 1.16 bits per heavy atom. The number of pyridine rings is 1. The zero-order valence-corrected chi connectivity index (χ0v) is 22.2. The molecule has 0 aliphatic carbocycles. The summed E-state index contributed by atoms with van der Waals surface area (Å²) in [6, 6.07) is 10.6. The van der Waals surface area contributed by atoms with Gasteiger partial charge in [-0.2, -0.15) is 0 Å². The molecule has 2 aliphatic rings. The molecule has 0 radical (unpaired) electrons. The Labute approximate surface area is 225 Å². The maximum atomic E-state index is 14.0. The number of likely N-dealkylation sites (tertiary alicyclic amines) is 1. The molecule has 2 aromatic carbocycles. The lowest BCUT2D eigenvalue weighted by Gasteiger charge is -2.44. The molecule has 9 heteroatoms. The summed E-state index contributed by atoms with van der Waals surface area (Å²) in [6.45, 7) is 4.76. The lowest BCUT2D eigenvalue weighted by Crippen LogP contribution is -2.50. The zero-order chi connectivity index (χ0) is 26.3. The van der Waals surface area contributed by atoms with Gasteiger partial charge in [0.2, 0.25) is 5.91 Å². The number of hydrogen-bond donors (Lipinski definition) is 1. The largest absolute Gasteiger partial charge is 0.487 e.